The molecule has 5 heteroatoms. The van der Waals surface area contributed by atoms with Crippen LogP contribution in [0.25, 0.3) is 11.1 Å². The zero-order chi connectivity index (χ0) is 19.4. The summed E-state index contributed by atoms with van der Waals surface area (Å²) in [7, 11) is 2.04. The number of aliphatic hydroxyl groups excluding tert-OH is 1. The lowest BCUT2D eigenvalue weighted by molar-refractivity contribution is -0.0135. The van der Waals surface area contributed by atoms with Crippen LogP contribution in [0, 0.1) is 0 Å². The molecule has 1 atom stereocenters. The maximum absolute atomic E-state index is 12.4. The molecule has 1 heterocycles. The van der Waals surface area contributed by atoms with Crippen LogP contribution in [0.4, 0.5) is 0 Å². The van der Waals surface area contributed by atoms with E-state index in [4.69, 9.17) is 0 Å². The minimum Gasteiger partial charge on any atom is -0.389 e. The Kier molecular flexibility index (Phi) is 5.95. The van der Waals surface area contributed by atoms with Gasteiger partial charge in [0.25, 0.3) is 5.91 Å². The number of amides is 1. The summed E-state index contributed by atoms with van der Waals surface area (Å²) in [5.41, 5.74) is 2.69. The lowest BCUT2D eigenvalue weighted by atomic mass is 9.91. The van der Waals surface area contributed by atoms with Gasteiger partial charge in [-0.05, 0) is 55.6 Å². The molecule has 1 fully saturated rings. The molecule has 0 saturated carbocycles. The third kappa shape index (κ3) is 4.95. The Hall–Kier alpha value is -2.21. The van der Waals surface area contributed by atoms with E-state index in [-0.39, 0.29) is 12.5 Å². The first kappa shape index (κ1) is 19.5. The summed E-state index contributed by atoms with van der Waals surface area (Å²) in [6.07, 6.45) is 0.862. The van der Waals surface area contributed by atoms with E-state index in [0.717, 1.165) is 29.8 Å². The molecule has 0 spiro atoms. The number of piperidine rings is 1. The first-order valence-corrected chi connectivity index (χ1v) is 9.44. The van der Waals surface area contributed by atoms with Crippen LogP contribution in [0.1, 0.15) is 41.8 Å². The minimum atomic E-state index is -0.812. The van der Waals surface area contributed by atoms with Crippen LogP contribution in [-0.4, -0.2) is 53.3 Å². The molecule has 1 saturated heterocycles. The van der Waals surface area contributed by atoms with Crippen LogP contribution in [0.15, 0.2) is 48.5 Å². The van der Waals surface area contributed by atoms with Crippen molar-refractivity contribution in [2.24, 2.45) is 0 Å². The van der Waals surface area contributed by atoms with Crippen LogP contribution in [0.5, 0.6) is 0 Å². The largest absolute Gasteiger partial charge is 0.389 e. The van der Waals surface area contributed by atoms with Crippen molar-refractivity contribution in [3.8, 4) is 11.1 Å². The number of rotatable bonds is 5. The molecule has 1 aliphatic rings. The van der Waals surface area contributed by atoms with Gasteiger partial charge in [-0.15, -0.1) is 0 Å². The Labute approximate surface area is 160 Å². The normalized spacial score (nSPS) is 18.1. The summed E-state index contributed by atoms with van der Waals surface area (Å²) in [6.45, 7) is 3.70. The molecule has 0 aliphatic carbocycles. The van der Waals surface area contributed by atoms with Crippen molar-refractivity contribution >= 4 is 5.91 Å². The Balaban J connectivity index is 1.60. The zero-order valence-electron chi connectivity index (χ0n) is 16.0. The van der Waals surface area contributed by atoms with Gasteiger partial charge in [0.1, 0.15) is 0 Å². The van der Waals surface area contributed by atoms with Gasteiger partial charge in [-0.3, -0.25) is 4.79 Å². The predicted octanol–water partition coefficient (Wildman–Crippen LogP) is 2.59. The Morgan fingerprint density at radius 2 is 1.59 bits per heavy atom. The summed E-state index contributed by atoms with van der Waals surface area (Å²) in [5.74, 6) is -0.168. The Bertz CT molecular complexity index is 761. The van der Waals surface area contributed by atoms with Gasteiger partial charge in [-0.25, -0.2) is 0 Å². The molecule has 0 bridgehead atoms. The van der Waals surface area contributed by atoms with E-state index in [2.05, 4.69) is 10.2 Å². The highest BCUT2D eigenvalue weighted by atomic mass is 16.3. The summed E-state index contributed by atoms with van der Waals surface area (Å²) in [4.78, 5) is 14.6. The van der Waals surface area contributed by atoms with Crippen molar-refractivity contribution in [1.82, 2.24) is 10.2 Å². The highest BCUT2D eigenvalue weighted by molar-refractivity contribution is 5.94. The lowest BCUT2D eigenvalue weighted by Crippen LogP contribution is -2.50. The fraction of sp³-hybridized carbons (Fsp3) is 0.409. The monoisotopic (exact) mass is 368 g/mol. The van der Waals surface area contributed by atoms with Crippen LogP contribution in [-0.2, 0) is 0 Å². The van der Waals surface area contributed by atoms with E-state index in [1.54, 1.807) is 19.1 Å². The number of aliphatic hydroxyl groups is 2. The average Bonchev–Trinajstić information content (AvgIpc) is 2.69. The van der Waals surface area contributed by atoms with Crippen LogP contribution in [0.3, 0.4) is 0 Å². The highest BCUT2D eigenvalue weighted by Gasteiger charge is 2.31. The number of nitrogens with zero attached hydrogens (tertiary/aromatic N) is 1. The molecule has 1 aliphatic heterocycles. The Morgan fingerprint density at radius 3 is 2.11 bits per heavy atom. The molecule has 1 amide bonds. The van der Waals surface area contributed by atoms with E-state index >= 15 is 0 Å². The minimum absolute atomic E-state index is 0.168. The number of hydrogen-bond acceptors (Lipinski definition) is 4. The first-order valence-electron chi connectivity index (χ1n) is 9.44. The maximum Gasteiger partial charge on any atom is 0.251 e. The number of nitrogens with one attached hydrogen (secondary N) is 1. The second-order valence-electron chi connectivity index (χ2n) is 7.59. The molecule has 5 nitrogen and oxygen atoms in total. The molecular weight excluding hydrogens is 340 g/mol. The molecule has 0 aromatic heterocycles. The third-order valence-corrected chi connectivity index (χ3v) is 5.37. The van der Waals surface area contributed by atoms with E-state index in [0.29, 0.717) is 18.4 Å². The molecule has 144 valence electrons. The third-order valence-electron chi connectivity index (χ3n) is 5.37. The molecule has 0 unspecified atom stereocenters. The molecular formula is C22H28N2O3. The molecule has 0 radical (unpaired) electrons. The van der Waals surface area contributed by atoms with Crippen molar-refractivity contribution in [3.63, 3.8) is 0 Å². The smallest absolute Gasteiger partial charge is 0.251 e. The van der Waals surface area contributed by atoms with Crippen molar-refractivity contribution in [3.05, 3.63) is 59.7 Å². The van der Waals surface area contributed by atoms with E-state index in [1.165, 1.54) is 0 Å². The standard InChI is InChI=1S/C22H28N2O3/c1-16(25)17-3-5-18(6-4-17)19-7-9-20(10-8-19)21(26)23-15-22(27)11-13-24(2)14-12-22/h3-10,16,25,27H,11-15H2,1-2H3,(H,23,26)/t16-/m0/s1. The van der Waals surface area contributed by atoms with Crippen molar-refractivity contribution in [1.29, 1.82) is 0 Å². The summed E-state index contributed by atoms with van der Waals surface area (Å²) in [6, 6.07) is 15.2. The van der Waals surface area contributed by atoms with Gasteiger partial charge in [-0.1, -0.05) is 36.4 Å². The lowest BCUT2D eigenvalue weighted by Gasteiger charge is -2.36. The van der Waals surface area contributed by atoms with Gasteiger partial charge in [0.15, 0.2) is 0 Å². The summed E-state index contributed by atoms with van der Waals surface area (Å²) in [5, 5.41) is 23.0. The second kappa shape index (κ2) is 8.21. The topological polar surface area (TPSA) is 72.8 Å². The summed E-state index contributed by atoms with van der Waals surface area (Å²) >= 11 is 0. The van der Waals surface area contributed by atoms with Gasteiger partial charge in [0.05, 0.1) is 11.7 Å². The van der Waals surface area contributed by atoms with Crippen LogP contribution >= 0.6 is 0 Å². The van der Waals surface area contributed by atoms with Gasteiger partial charge in [-0.2, -0.15) is 0 Å². The fourth-order valence-electron chi connectivity index (χ4n) is 3.33. The number of carbonyl (C=O) groups is 1. The predicted molar refractivity (Wildman–Crippen MR) is 107 cm³/mol. The second-order valence-corrected chi connectivity index (χ2v) is 7.59. The number of benzene rings is 2. The van der Waals surface area contributed by atoms with E-state index in [1.807, 2.05) is 43.4 Å². The van der Waals surface area contributed by atoms with Crippen molar-refractivity contribution in [2.45, 2.75) is 31.5 Å². The average molecular weight is 368 g/mol. The maximum atomic E-state index is 12.4. The SMILES string of the molecule is C[C@H](O)c1ccc(-c2ccc(C(=O)NCC3(O)CCN(C)CC3)cc2)cc1. The first-order chi connectivity index (χ1) is 12.9. The van der Waals surface area contributed by atoms with Gasteiger partial charge in [0.2, 0.25) is 0 Å². The van der Waals surface area contributed by atoms with Gasteiger partial charge in [0, 0.05) is 25.2 Å². The van der Waals surface area contributed by atoms with E-state index < -0.39 is 11.7 Å². The Morgan fingerprint density at radius 1 is 1.07 bits per heavy atom. The fourth-order valence-corrected chi connectivity index (χ4v) is 3.33. The molecule has 3 rings (SSSR count). The molecule has 2 aromatic rings. The van der Waals surface area contributed by atoms with Gasteiger partial charge >= 0.3 is 0 Å². The van der Waals surface area contributed by atoms with Crippen LogP contribution < -0.4 is 5.32 Å². The number of likely N-dealkylation sites (tertiary alicyclic amines) is 1. The van der Waals surface area contributed by atoms with Gasteiger partial charge < -0.3 is 20.4 Å². The van der Waals surface area contributed by atoms with Crippen LogP contribution in [0.2, 0.25) is 0 Å². The number of hydrogen-bond donors (Lipinski definition) is 3. The quantitative estimate of drug-likeness (QED) is 0.759. The number of carbonyl (C=O) groups excluding carboxylic acids is 1. The molecule has 27 heavy (non-hydrogen) atoms. The van der Waals surface area contributed by atoms with E-state index in [9.17, 15) is 15.0 Å². The molecule has 2 aromatic carbocycles. The van der Waals surface area contributed by atoms with Crippen molar-refractivity contribution in [2.75, 3.05) is 26.7 Å². The van der Waals surface area contributed by atoms with Crippen molar-refractivity contribution < 1.29 is 15.0 Å². The zero-order valence-corrected chi connectivity index (χ0v) is 16.0. The summed E-state index contributed by atoms with van der Waals surface area (Å²) < 4.78 is 0. The molecule has 3 N–H and O–H groups in total. The highest BCUT2D eigenvalue weighted by Crippen LogP contribution is 2.23.